The lowest BCUT2D eigenvalue weighted by Gasteiger charge is -2.08. The number of hydrogen-bond donors (Lipinski definition) is 2. The zero-order valence-electron chi connectivity index (χ0n) is 12.0. The minimum absolute atomic E-state index is 0.183. The van der Waals surface area contributed by atoms with Crippen LogP contribution in [0, 0.1) is 5.82 Å². The predicted octanol–water partition coefficient (Wildman–Crippen LogP) is 2.73. The first-order valence-electron chi connectivity index (χ1n) is 6.67. The summed E-state index contributed by atoms with van der Waals surface area (Å²) < 4.78 is 18.8. The molecule has 2 amide bonds. The highest BCUT2D eigenvalue weighted by molar-refractivity contribution is 6.31. The van der Waals surface area contributed by atoms with Gasteiger partial charge in [-0.15, -0.1) is 0 Å². The molecule has 2 aromatic rings. The van der Waals surface area contributed by atoms with E-state index < -0.39 is 17.6 Å². The normalized spacial score (nSPS) is 10.3. The molecule has 0 saturated heterocycles. The Balaban J connectivity index is 1.86. The average molecular weight is 337 g/mol. The lowest BCUT2D eigenvalue weighted by atomic mass is 10.2. The first kappa shape index (κ1) is 16.9. The maximum Gasteiger partial charge on any atom is 0.251 e. The summed E-state index contributed by atoms with van der Waals surface area (Å²) >= 11 is 5.97. The van der Waals surface area contributed by atoms with Crippen molar-refractivity contribution in [2.24, 2.45) is 5.73 Å². The van der Waals surface area contributed by atoms with Gasteiger partial charge in [0.2, 0.25) is 5.91 Å². The van der Waals surface area contributed by atoms with Crippen LogP contribution in [-0.2, 0) is 16.1 Å². The number of carbonyl (C=O) groups excluding carboxylic acids is 2. The van der Waals surface area contributed by atoms with Crippen molar-refractivity contribution in [3.05, 3.63) is 64.4 Å². The molecule has 0 atom stereocenters. The maximum absolute atomic E-state index is 13.6. The first-order valence-corrected chi connectivity index (χ1v) is 7.05. The number of rotatable bonds is 6. The van der Waals surface area contributed by atoms with Gasteiger partial charge in [0.25, 0.3) is 5.91 Å². The smallest absolute Gasteiger partial charge is 0.251 e. The molecule has 0 aliphatic heterocycles. The molecular formula is C16H14ClFN2O3. The number of halogens is 2. The van der Waals surface area contributed by atoms with Gasteiger partial charge in [-0.1, -0.05) is 29.8 Å². The molecule has 3 N–H and O–H groups in total. The molecule has 0 heterocycles. The Labute approximate surface area is 137 Å². The van der Waals surface area contributed by atoms with Crippen molar-refractivity contribution in [3.63, 3.8) is 0 Å². The van der Waals surface area contributed by atoms with Crippen molar-refractivity contribution < 1.29 is 18.7 Å². The predicted molar refractivity (Wildman–Crippen MR) is 84.7 cm³/mol. The molecule has 5 nitrogen and oxygen atoms in total. The summed E-state index contributed by atoms with van der Waals surface area (Å²) in [6.07, 6.45) is 0. The molecule has 23 heavy (non-hydrogen) atoms. The van der Waals surface area contributed by atoms with Crippen LogP contribution >= 0.6 is 11.6 Å². The van der Waals surface area contributed by atoms with Gasteiger partial charge < -0.3 is 15.8 Å². The topological polar surface area (TPSA) is 81.4 Å². The van der Waals surface area contributed by atoms with Crippen LogP contribution in [0.25, 0.3) is 0 Å². The highest BCUT2D eigenvalue weighted by Crippen LogP contribution is 2.16. The first-order chi connectivity index (χ1) is 11.0. The molecule has 0 unspecified atom stereocenters. The Bertz CT molecular complexity index is 737. The second-order valence-corrected chi connectivity index (χ2v) is 5.10. The third-order valence-corrected chi connectivity index (χ3v) is 3.34. The molecule has 0 bridgehead atoms. The van der Waals surface area contributed by atoms with Crippen molar-refractivity contribution in [1.29, 1.82) is 0 Å². The number of hydrogen-bond acceptors (Lipinski definition) is 3. The quantitative estimate of drug-likeness (QED) is 0.851. The summed E-state index contributed by atoms with van der Waals surface area (Å²) in [7, 11) is 0. The largest absolute Gasteiger partial charge is 0.367 e. The number of anilines is 1. The number of nitrogens with one attached hydrogen (secondary N) is 1. The van der Waals surface area contributed by atoms with Gasteiger partial charge in [0, 0.05) is 10.7 Å². The molecule has 0 saturated carbocycles. The van der Waals surface area contributed by atoms with Crippen LogP contribution in [0.4, 0.5) is 10.1 Å². The summed E-state index contributed by atoms with van der Waals surface area (Å²) in [6, 6.07) is 10.7. The molecule has 2 aromatic carbocycles. The second-order valence-electron chi connectivity index (χ2n) is 4.69. The number of ether oxygens (including phenoxy) is 1. The number of nitrogens with two attached hydrogens (primary N) is 1. The Morgan fingerprint density at radius 1 is 1.22 bits per heavy atom. The van der Waals surface area contributed by atoms with Gasteiger partial charge in [-0.05, 0) is 29.8 Å². The maximum atomic E-state index is 13.6. The summed E-state index contributed by atoms with van der Waals surface area (Å²) in [5.41, 5.74) is 5.73. The average Bonchev–Trinajstić information content (AvgIpc) is 2.49. The Morgan fingerprint density at radius 2 is 1.96 bits per heavy atom. The van der Waals surface area contributed by atoms with Crippen molar-refractivity contribution in [1.82, 2.24) is 0 Å². The van der Waals surface area contributed by atoms with E-state index in [1.807, 2.05) is 6.07 Å². The zero-order chi connectivity index (χ0) is 16.8. The minimum Gasteiger partial charge on any atom is -0.367 e. The van der Waals surface area contributed by atoms with Crippen LogP contribution in [-0.4, -0.2) is 18.4 Å². The second kappa shape index (κ2) is 7.71. The van der Waals surface area contributed by atoms with Crippen molar-refractivity contribution >= 4 is 29.1 Å². The number of carbonyl (C=O) groups is 2. The Kier molecular flexibility index (Phi) is 5.67. The molecule has 0 spiro atoms. The van der Waals surface area contributed by atoms with E-state index in [2.05, 4.69) is 5.32 Å². The molecule has 0 aromatic heterocycles. The van der Waals surface area contributed by atoms with Gasteiger partial charge in [0.05, 0.1) is 12.2 Å². The Hall–Kier alpha value is -2.44. The molecule has 0 radical (unpaired) electrons. The molecule has 7 heteroatoms. The van der Waals surface area contributed by atoms with Gasteiger partial charge >= 0.3 is 0 Å². The third kappa shape index (κ3) is 4.77. The van der Waals surface area contributed by atoms with Crippen LogP contribution in [0.3, 0.4) is 0 Å². The van der Waals surface area contributed by atoms with Crippen molar-refractivity contribution in [3.8, 4) is 0 Å². The van der Waals surface area contributed by atoms with Crippen molar-refractivity contribution in [2.45, 2.75) is 6.61 Å². The lowest BCUT2D eigenvalue weighted by molar-refractivity contribution is -0.121. The van der Waals surface area contributed by atoms with E-state index in [1.54, 1.807) is 18.2 Å². The van der Waals surface area contributed by atoms with E-state index in [1.165, 1.54) is 12.1 Å². The fraction of sp³-hybridized carbons (Fsp3) is 0.125. The van der Waals surface area contributed by atoms with Gasteiger partial charge in [0.1, 0.15) is 12.4 Å². The standard InChI is InChI=1S/C16H14ClFN2O3/c17-13-4-2-1-3-10(13)8-23-9-15(21)20-11-5-6-12(16(19)22)14(18)7-11/h1-7H,8-9H2,(H2,19,22)(H,20,21). The fourth-order valence-electron chi connectivity index (χ4n) is 1.86. The summed E-state index contributed by atoms with van der Waals surface area (Å²) in [5.74, 6) is -2.13. The van der Waals surface area contributed by atoms with Crippen LogP contribution in [0.2, 0.25) is 5.02 Å². The van der Waals surface area contributed by atoms with Gasteiger partial charge in [-0.2, -0.15) is 0 Å². The van der Waals surface area contributed by atoms with E-state index in [-0.39, 0.29) is 24.5 Å². The SMILES string of the molecule is NC(=O)c1ccc(NC(=O)COCc2ccccc2Cl)cc1F. The van der Waals surface area contributed by atoms with E-state index in [0.29, 0.717) is 5.02 Å². The monoisotopic (exact) mass is 336 g/mol. The molecule has 0 aliphatic carbocycles. The lowest BCUT2D eigenvalue weighted by Crippen LogP contribution is -2.19. The molecule has 0 fully saturated rings. The van der Waals surface area contributed by atoms with E-state index in [4.69, 9.17) is 22.1 Å². The van der Waals surface area contributed by atoms with Crippen LogP contribution in [0.1, 0.15) is 15.9 Å². The summed E-state index contributed by atoms with van der Waals surface area (Å²) in [5, 5.41) is 3.01. The third-order valence-electron chi connectivity index (χ3n) is 2.97. The highest BCUT2D eigenvalue weighted by atomic mass is 35.5. The van der Waals surface area contributed by atoms with Crippen LogP contribution in [0.15, 0.2) is 42.5 Å². The molecule has 120 valence electrons. The van der Waals surface area contributed by atoms with Crippen LogP contribution < -0.4 is 11.1 Å². The van der Waals surface area contributed by atoms with Crippen molar-refractivity contribution in [2.75, 3.05) is 11.9 Å². The molecular weight excluding hydrogens is 323 g/mol. The van der Waals surface area contributed by atoms with Gasteiger partial charge in [-0.25, -0.2) is 4.39 Å². The molecule has 0 aliphatic rings. The number of primary amides is 1. The zero-order valence-corrected chi connectivity index (χ0v) is 12.8. The van der Waals surface area contributed by atoms with E-state index >= 15 is 0 Å². The Morgan fingerprint density at radius 3 is 2.61 bits per heavy atom. The molecule has 2 rings (SSSR count). The number of benzene rings is 2. The minimum atomic E-state index is -0.872. The number of amides is 2. The summed E-state index contributed by atoms with van der Waals surface area (Å²) in [4.78, 5) is 22.7. The van der Waals surface area contributed by atoms with Gasteiger partial charge in [-0.3, -0.25) is 9.59 Å². The highest BCUT2D eigenvalue weighted by Gasteiger charge is 2.10. The van der Waals surface area contributed by atoms with E-state index in [9.17, 15) is 14.0 Å². The van der Waals surface area contributed by atoms with E-state index in [0.717, 1.165) is 11.6 Å². The van der Waals surface area contributed by atoms with Gasteiger partial charge in [0.15, 0.2) is 0 Å². The summed E-state index contributed by atoms with van der Waals surface area (Å²) in [6.45, 7) is -0.0352. The van der Waals surface area contributed by atoms with Crippen LogP contribution in [0.5, 0.6) is 0 Å². The fourth-order valence-corrected chi connectivity index (χ4v) is 2.05.